The second-order valence-electron chi connectivity index (χ2n) is 5.73. The van der Waals surface area contributed by atoms with Gasteiger partial charge in [0.25, 0.3) is 0 Å². The summed E-state index contributed by atoms with van der Waals surface area (Å²) < 4.78 is 1.83. The summed E-state index contributed by atoms with van der Waals surface area (Å²) >= 11 is 0. The number of nitrogens with zero attached hydrogens (tertiary/aromatic N) is 2. The van der Waals surface area contributed by atoms with Crippen molar-refractivity contribution in [1.82, 2.24) is 9.78 Å². The molecule has 5 heteroatoms. The Kier molecular flexibility index (Phi) is 4.39. The van der Waals surface area contributed by atoms with Crippen LogP contribution in [0.2, 0.25) is 0 Å². The Morgan fingerprint density at radius 3 is 2.48 bits per heavy atom. The Balaban J connectivity index is 1.92. The molecule has 3 rings (SSSR count). The van der Waals surface area contributed by atoms with Crippen molar-refractivity contribution in [2.75, 3.05) is 0 Å². The lowest BCUT2D eigenvalue weighted by Crippen LogP contribution is -1.98. The highest BCUT2D eigenvalue weighted by molar-refractivity contribution is 6.08. The van der Waals surface area contributed by atoms with Crippen LogP contribution in [0.4, 0.5) is 0 Å². The molecule has 0 amide bonds. The zero-order valence-corrected chi connectivity index (χ0v) is 14.0. The molecular weight excluding hydrogens is 316 g/mol. The predicted octanol–water partition coefficient (Wildman–Crippen LogP) is 3.80. The molecule has 0 aliphatic rings. The van der Waals surface area contributed by atoms with Gasteiger partial charge in [0.1, 0.15) is 11.5 Å². The SMILES string of the molecule is Cc1nn(-c2ccccc2)c(C)c1/C=C/C(=O)c1ccc(O)cc1O. The van der Waals surface area contributed by atoms with Crippen LogP contribution >= 0.6 is 0 Å². The molecule has 0 radical (unpaired) electrons. The Morgan fingerprint density at radius 2 is 1.80 bits per heavy atom. The molecular formula is C20H18N2O3. The van der Waals surface area contributed by atoms with Crippen molar-refractivity contribution in [3.8, 4) is 17.2 Å². The number of hydrogen-bond acceptors (Lipinski definition) is 4. The quantitative estimate of drug-likeness (QED) is 0.562. The molecule has 0 saturated carbocycles. The number of phenolic OH excluding ortho intramolecular Hbond substituents is 2. The summed E-state index contributed by atoms with van der Waals surface area (Å²) in [5.41, 5.74) is 3.67. The number of carbonyl (C=O) groups is 1. The van der Waals surface area contributed by atoms with Gasteiger partial charge in [0.2, 0.25) is 0 Å². The first-order chi connectivity index (χ1) is 12.0. The number of hydrogen-bond donors (Lipinski definition) is 2. The molecule has 0 aliphatic carbocycles. The maximum absolute atomic E-state index is 12.3. The van der Waals surface area contributed by atoms with Crippen molar-refractivity contribution in [3.63, 3.8) is 0 Å². The number of para-hydroxylation sites is 1. The number of rotatable bonds is 4. The first-order valence-electron chi connectivity index (χ1n) is 7.83. The molecule has 126 valence electrons. The third kappa shape index (κ3) is 3.30. The number of carbonyl (C=O) groups excluding carboxylic acids is 1. The number of benzene rings is 2. The van der Waals surface area contributed by atoms with Gasteiger partial charge in [-0.2, -0.15) is 5.10 Å². The molecule has 0 spiro atoms. The monoisotopic (exact) mass is 334 g/mol. The minimum Gasteiger partial charge on any atom is -0.508 e. The standard InChI is InChI=1S/C20H18N2O3/c1-13-17(14(2)22(21-13)15-6-4-3-5-7-15)10-11-19(24)18-9-8-16(23)12-20(18)25/h3-12,23,25H,1-2H3/b11-10+. The zero-order chi connectivity index (χ0) is 18.0. The van der Waals surface area contributed by atoms with Gasteiger partial charge in [-0.25, -0.2) is 4.68 Å². The van der Waals surface area contributed by atoms with Crippen LogP contribution in [0.15, 0.2) is 54.6 Å². The highest BCUT2D eigenvalue weighted by Gasteiger charge is 2.12. The smallest absolute Gasteiger partial charge is 0.189 e. The summed E-state index contributed by atoms with van der Waals surface area (Å²) in [5, 5.41) is 23.6. The van der Waals surface area contributed by atoms with Gasteiger partial charge in [0.05, 0.1) is 16.9 Å². The number of aromatic nitrogens is 2. The molecule has 0 fully saturated rings. The number of aryl methyl sites for hydroxylation is 1. The third-order valence-corrected chi connectivity index (χ3v) is 4.00. The highest BCUT2D eigenvalue weighted by atomic mass is 16.3. The lowest BCUT2D eigenvalue weighted by molar-refractivity contribution is 0.104. The molecule has 1 aromatic heterocycles. The molecule has 5 nitrogen and oxygen atoms in total. The maximum Gasteiger partial charge on any atom is 0.189 e. The molecule has 0 saturated heterocycles. The summed E-state index contributed by atoms with van der Waals surface area (Å²) in [6.07, 6.45) is 3.10. The second kappa shape index (κ2) is 6.65. The van der Waals surface area contributed by atoms with E-state index in [1.165, 1.54) is 18.2 Å². The second-order valence-corrected chi connectivity index (χ2v) is 5.73. The van der Waals surface area contributed by atoms with Crippen LogP contribution in [0.5, 0.6) is 11.5 Å². The summed E-state index contributed by atoms with van der Waals surface area (Å²) in [7, 11) is 0. The maximum atomic E-state index is 12.3. The van der Waals surface area contributed by atoms with E-state index in [0.29, 0.717) is 0 Å². The first kappa shape index (κ1) is 16.5. The van der Waals surface area contributed by atoms with Gasteiger partial charge in [0.15, 0.2) is 5.78 Å². The van der Waals surface area contributed by atoms with Crippen LogP contribution in [0, 0.1) is 13.8 Å². The topological polar surface area (TPSA) is 75.4 Å². The average Bonchev–Trinajstić information content (AvgIpc) is 2.88. The van der Waals surface area contributed by atoms with E-state index in [4.69, 9.17) is 0 Å². The number of phenols is 2. The van der Waals surface area contributed by atoms with Crippen molar-refractivity contribution in [2.45, 2.75) is 13.8 Å². The fourth-order valence-corrected chi connectivity index (χ4v) is 2.69. The lowest BCUT2D eigenvalue weighted by atomic mass is 10.1. The van der Waals surface area contributed by atoms with E-state index >= 15 is 0 Å². The molecule has 2 aromatic carbocycles. The molecule has 2 N–H and O–H groups in total. The molecule has 0 aliphatic heterocycles. The minimum atomic E-state index is -0.344. The fraction of sp³-hybridized carbons (Fsp3) is 0.100. The van der Waals surface area contributed by atoms with E-state index in [1.54, 1.807) is 6.08 Å². The molecule has 25 heavy (non-hydrogen) atoms. The van der Waals surface area contributed by atoms with Crippen LogP contribution in [-0.2, 0) is 0 Å². The van der Waals surface area contributed by atoms with E-state index in [1.807, 2.05) is 48.9 Å². The van der Waals surface area contributed by atoms with Gasteiger partial charge < -0.3 is 10.2 Å². The van der Waals surface area contributed by atoms with Crippen molar-refractivity contribution < 1.29 is 15.0 Å². The van der Waals surface area contributed by atoms with Gasteiger partial charge in [-0.3, -0.25) is 4.79 Å². The van der Waals surface area contributed by atoms with Crippen molar-refractivity contribution >= 4 is 11.9 Å². The van der Waals surface area contributed by atoms with E-state index in [0.717, 1.165) is 28.7 Å². The Bertz CT molecular complexity index is 957. The Morgan fingerprint density at radius 1 is 1.08 bits per heavy atom. The van der Waals surface area contributed by atoms with Crippen LogP contribution in [0.25, 0.3) is 11.8 Å². The van der Waals surface area contributed by atoms with Crippen LogP contribution in [0.1, 0.15) is 27.3 Å². The number of ketones is 1. The van der Waals surface area contributed by atoms with Gasteiger partial charge in [-0.05, 0) is 50.3 Å². The van der Waals surface area contributed by atoms with Gasteiger partial charge in [-0.1, -0.05) is 18.2 Å². The molecule has 0 bridgehead atoms. The third-order valence-electron chi connectivity index (χ3n) is 4.00. The van der Waals surface area contributed by atoms with Crippen LogP contribution in [-0.4, -0.2) is 25.8 Å². The fourth-order valence-electron chi connectivity index (χ4n) is 2.69. The number of aromatic hydroxyl groups is 2. The Hall–Kier alpha value is -3.34. The minimum absolute atomic E-state index is 0.0890. The highest BCUT2D eigenvalue weighted by Crippen LogP contribution is 2.24. The van der Waals surface area contributed by atoms with Crippen molar-refractivity contribution in [3.05, 3.63) is 77.1 Å². The zero-order valence-electron chi connectivity index (χ0n) is 14.0. The predicted molar refractivity (Wildman–Crippen MR) is 96.2 cm³/mol. The lowest BCUT2D eigenvalue weighted by Gasteiger charge is -2.03. The van der Waals surface area contributed by atoms with E-state index < -0.39 is 0 Å². The van der Waals surface area contributed by atoms with E-state index in [9.17, 15) is 15.0 Å². The molecule has 3 aromatic rings. The largest absolute Gasteiger partial charge is 0.508 e. The molecule has 0 unspecified atom stereocenters. The van der Waals surface area contributed by atoms with Crippen molar-refractivity contribution in [1.29, 1.82) is 0 Å². The van der Waals surface area contributed by atoms with Crippen molar-refractivity contribution in [2.24, 2.45) is 0 Å². The molecule has 0 atom stereocenters. The van der Waals surface area contributed by atoms with Crippen LogP contribution < -0.4 is 0 Å². The van der Waals surface area contributed by atoms with E-state index in [2.05, 4.69) is 5.10 Å². The summed E-state index contributed by atoms with van der Waals surface area (Å²) in [6, 6.07) is 13.7. The summed E-state index contributed by atoms with van der Waals surface area (Å²) in [4.78, 5) is 12.3. The summed E-state index contributed by atoms with van der Waals surface area (Å²) in [6.45, 7) is 3.82. The summed E-state index contributed by atoms with van der Waals surface area (Å²) in [5.74, 6) is -0.680. The normalized spacial score (nSPS) is 11.1. The average molecular weight is 334 g/mol. The first-order valence-corrected chi connectivity index (χ1v) is 7.83. The van der Waals surface area contributed by atoms with E-state index in [-0.39, 0.29) is 22.8 Å². The van der Waals surface area contributed by atoms with Gasteiger partial charge in [0, 0.05) is 17.3 Å². The Labute approximate surface area is 145 Å². The van der Waals surface area contributed by atoms with Gasteiger partial charge in [-0.15, -0.1) is 0 Å². The van der Waals surface area contributed by atoms with Crippen LogP contribution in [0.3, 0.4) is 0 Å². The number of allylic oxidation sites excluding steroid dienone is 1. The van der Waals surface area contributed by atoms with Gasteiger partial charge >= 0.3 is 0 Å². The molecule has 1 heterocycles.